The Labute approximate surface area is 318 Å². The van der Waals surface area contributed by atoms with Crippen molar-refractivity contribution in [1.29, 1.82) is 0 Å². The summed E-state index contributed by atoms with van der Waals surface area (Å²) in [6.07, 6.45) is 1.59. The van der Waals surface area contributed by atoms with Gasteiger partial charge in [0.25, 0.3) is 5.91 Å². The van der Waals surface area contributed by atoms with E-state index in [-0.39, 0.29) is 47.9 Å². The number of piperazine rings is 1. The first kappa shape index (κ1) is 37.2. The summed E-state index contributed by atoms with van der Waals surface area (Å²) in [6.45, 7) is 4.32. The van der Waals surface area contributed by atoms with Gasteiger partial charge in [0.1, 0.15) is 23.2 Å². The summed E-state index contributed by atoms with van der Waals surface area (Å²) in [5, 5.41) is 10.4. The SMILES string of the molecule is COc1nc(NC(=O)c2cccc(C(F)(F)F)n2)cc2cn([C@H]3CC[C@H](CN4CCN(c5cccc6c5n(C)c(=O)n6C5CCC(=O)NC5=O)CC4)CC3)nc12. The number of hydrogen-bond donors (Lipinski definition) is 2. The van der Waals surface area contributed by atoms with Crippen molar-refractivity contribution in [2.24, 2.45) is 13.0 Å². The molecule has 1 atom stereocenters. The number of rotatable bonds is 8. The first-order chi connectivity index (χ1) is 26.9. The molecule has 2 saturated heterocycles. The number of alkyl halides is 3. The fourth-order valence-electron chi connectivity index (χ4n) is 8.34. The van der Waals surface area contributed by atoms with E-state index in [4.69, 9.17) is 9.84 Å². The zero-order chi connectivity index (χ0) is 39.3. The lowest BCUT2D eigenvalue weighted by atomic mass is 9.85. The summed E-state index contributed by atoms with van der Waals surface area (Å²) in [6, 6.07) is 9.98. The number of nitrogens with zero attached hydrogens (tertiary/aromatic N) is 8. The van der Waals surface area contributed by atoms with Gasteiger partial charge in [-0.25, -0.2) is 9.78 Å². The zero-order valence-corrected chi connectivity index (χ0v) is 30.9. The second-order valence-corrected chi connectivity index (χ2v) is 14.7. The number of hydrogen-bond acceptors (Lipinski definition) is 10. The number of nitrogens with one attached hydrogen (secondary N) is 2. The van der Waals surface area contributed by atoms with E-state index in [0.717, 1.165) is 81.7 Å². The number of anilines is 2. The number of fused-ring (bicyclic) bond motifs is 2. The molecule has 3 fully saturated rings. The highest BCUT2D eigenvalue weighted by Crippen LogP contribution is 2.36. The molecule has 0 spiro atoms. The van der Waals surface area contributed by atoms with Crippen LogP contribution >= 0.6 is 0 Å². The van der Waals surface area contributed by atoms with E-state index in [2.05, 4.69) is 30.4 Å². The lowest BCUT2D eigenvalue weighted by Crippen LogP contribution is -2.48. The van der Waals surface area contributed by atoms with Gasteiger partial charge in [0.2, 0.25) is 17.7 Å². The van der Waals surface area contributed by atoms with Crippen molar-refractivity contribution in [3.8, 4) is 5.88 Å². The molecule has 1 saturated carbocycles. The molecule has 294 valence electrons. The minimum absolute atomic E-state index is 0.105. The van der Waals surface area contributed by atoms with Gasteiger partial charge in [0.05, 0.1) is 29.9 Å². The number of pyridine rings is 2. The van der Waals surface area contributed by atoms with Gasteiger partial charge in [0.15, 0.2) is 5.52 Å². The number of methoxy groups -OCH3 is 1. The first-order valence-corrected chi connectivity index (χ1v) is 18.7. The number of imidazole rings is 1. The molecule has 1 unspecified atom stereocenters. The molecule has 0 radical (unpaired) electrons. The third kappa shape index (κ3) is 7.08. The number of ether oxygens (including phenoxy) is 1. The Hall–Kier alpha value is -5.78. The molecular formula is C38H41F3N10O5. The average Bonchev–Trinajstić information content (AvgIpc) is 3.73. The quantitative estimate of drug-likeness (QED) is 0.218. The number of aromatic nitrogens is 6. The van der Waals surface area contributed by atoms with E-state index in [1.807, 2.05) is 29.1 Å². The molecule has 2 aliphatic heterocycles. The number of imide groups is 1. The number of carbonyl (C=O) groups is 3. The van der Waals surface area contributed by atoms with Crippen molar-refractivity contribution < 1.29 is 32.3 Å². The largest absolute Gasteiger partial charge is 0.479 e. The maximum Gasteiger partial charge on any atom is 0.433 e. The lowest BCUT2D eigenvalue weighted by Gasteiger charge is -2.39. The molecule has 2 N–H and O–H groups in total. The second kappa shape index (κ2) is 14.7. The van der Waals surface area contributed by atoms with Crippen LogP contribution in [0.2, 0.25) is 0 Å². The Morgan fingerprint density at radius 2 is 1.73 bits per heavy atom. The summed E-state index contributed by atoms with van der Waals surface area (Å²) in [5.74, 6) is -0.783. The van der Waals surface area contributed by atoms with E-state index in [1.54, 1.807) is 17.7 Å². The molecule has 56 heavy (non-hydrogen) atoms. The van der Waals surface area contributed by atoms with Gasteiger partial charge in [-0.3, -0.25) is 38.4 Å². The highest BCUT2D eigenvalue weighted by Gasteiger charge is 2.34. The summed E-state index contributed by atoms with van der Waals surface area (Å²) >= 11 is 0. The standard InChI is InChI=1S/C38H41F3N10O5/c1-47-33-26(6-4-7-27(33)51(37(47)55)28-13-14-31(52)45-35(28)54)49-17-15-48(16-18-49)20-22-9-11-24(12-10-22)50-21-23-19-30(44-36(56-2)32(23)46-50)43-34(53)25-5-3-8-29(42-25)38(39,40)41/h3-8,19,21-22,24,28H,9-18,20H2,1-2H3,(H,43,53)(H,45,52,54)/t22-,24-,28?. The van der Waals surface area contributed by atoms with Crippen LogP contribution in [-0.2, 0) is 22.8 Å². The highest BCUT2D eigenvalue weighted by molar-refractivity contribution is 6.03. The summed E-state index contributed by atoms with van der Waals surface area (Å²) < 4.78 is 49.9. The highest BCUT2D eigenvalue weighted by atomic mass is 19.4. The Bertz CT molecular complexity index is 2390. The van der Waals surface area contributed by atoms with E-state index < -0.39 is 29.7 Å². The molecule has 18 heteroatoms. The van der Waals surface area contributed by atoms with Gasteiger partial charge in [-0.15, -0.1) is 0 Å². The maximum absolute atomic E-state index is 13.4. The Kier molecular flexibility index (Phi) is 9.76. The van der Waals surface area contributed by atoms with Gasteiger partial charge < -0.3 is 15.0 Å². The molecular weight excluding hydrogens is 733 g/mol. The van der Waals surface area contributed by atoms with Gasteiger partial charge in [-0.05, 0) is 68.4 Å². The summed E-state index contributed by atoms with van der Waals surface area (Å²) in [7, 11) is 3.17. The minimum atomic E-state index is -4.68. The van der Waals surface area contributed by atoms with Crippen LogP contribution in [0.1, 0.15) is 66.8 Å². The Balaban J connectivity index is 0.879. The van der Waals surface area contributed by atoms with Crippen LogP contribution in [0, 0.1) is 5.92 Å². The predicted molar refractivity (Wildman–Crippen MR) is 200 cm³/mol. The van der Waals surface area contributed by atoms with Crippen molar-refractivity contribution in [3.05, 3.63) is 70.5 Å². The van der Waals surface area contributed by atoms with Crippen LogP contribution in [0.15, 0.2) is 53.5 Å². The molecule has 5 aromatic rings. The number of amides is 3. The summed E-state index contributed by atoms with van der Waals surface area (Å²) in [5.41, 5.74) is 1.11. The number of halogens is 3. The van der Waals surface area contributed by atoms with Crippen LogP contribution in [0.4, 0.5) is 24.7 Å². The molecule has 1 aliphatic carbocycles. The second-order valence-electron chi connectivity index (χ2n) is 14.7. The molecule has 15 nitrogen and oxygen atoms in total. The smallest absolute Gasteiger partial charge is 0.433 e. The maximum atomic E-state index is 13.4. The number of carbonyl (C=O) groups excluding carboxylic acids is 3. The summed E-state index contributed by atoms with van der Waals surface area (Å²) in [4.78, 5) is 63.2. The van der Waals surface area contributed by atoms with Crippen LogP contribution in [-0.4, -0.2) is 91.3 Å². The molecule has 1 aromatic carbocycles. The third-order valence-electron chi connectivity index (χ3n) is 11.2. The van der Waals surface area contributed by atoms with Crippen LogP contribution in [0.3, 0.4) is 0 Å². The van der Waals surface area contributed by atoms with Gasteiger partial charge >= 0.3 is 11.9 Å². The molecule has 3 aliphatic rings. The molecule has 3 amide bonds. The van der Waals surface area contributed by atoms with Crippen molar-refractivity contribution >= 4 is 51.2 Å². The van der Waals surface area contributed by atoms with E-state index in [1.165, 1.54) is 17.7 Å². The zero-order valence-electron chi connectivity index (χ0n) is 30.9. The van der Waals surface area contributed by atoms with Crippen molar-refractivity contribution in [2.75, 3.05) is 50.1 Å². The number of aryl methyl sites for hydroxylation is 1. The minimum Gasteiger partial charge on any atom is -0.479 e. The number of benzene rings is 1. The average molecular weight is 775 g/mol. The van der Waals surface area contributed by atoms with Crippen molar-refractivity contribution in [1.82, 2.24) is 39.1 Å². The van der Waals surface area contributed by atoms with Crippen molar-refractivity contribution in [2.45, 2.75) is 56.8 Å². The van der Waals surface area contributed by atoms with Crippen molar-refractivity contribution in [3.63, 3.8) is 0 Å². The molecule has 0 bridgehead atoms. The fourth-order valence-corrected chi connectivity index (χ4v) is 8.34. The van der Waals surface area contributed by atoms with Crippen LogP contribution in [0.25, 0.3) is 21.9 Å². The van der Waals surface area contributed by atoms with E-state index in [9.17, 15) is 32.3 Å². The topological polar surface area (TPSA) is 162 Å². The molecule has 6 heterocycles. The van der Waals surface area contributed by atoms with Gasteiger partial charge in [0, 0.05) is 57.8 Å². The van der Waals surface area contributed by atoms with Crippen LogP contribution < -0.4 is 26.0 Å². The number of piperidine rings is 1. The predicted octanol–water partition coefficient (Wildman–Crippen LogP) is 4.29. The van der Waals surface area contributed by atoms with Gasteiger partial charge in [-0.1, -0.05) is 12.1 Å². The molecule has 4 aromatic heterocycles. The fraction of sp³-hybridized carbons (Fsp3) is 0.447. The Morgan fingerprint density at radius 1 is 0.982 bits per heavy atom. The first-order valence-electron chi connectivity index (χ1n) is 18.7. The lowest BCUT2D eigenvalue weighted by molar-refractivity contribution is -0.141. The third-order valence-corrected chi connectivity index (χ3v) is 11.2. The normalized spacial score (nSPS) is 21.1. The Morgan fingerprint density at radius 3 is 2.45 bits per heavy atom. The monoisotopic (exact) mass is 774 g/mol. The van der Waals surface area contributed by atoms with E-state index >= 15 is 0 Å². The van der Waals surface area contributed by atoms with E-state index in [0.29, 0.717) is 22.3 Å². The van der Waals surface area contributed by atoms with Crippen LogP contribution in [0.5, 0.6) is 5.88 Å². The molecule has 8 rings (SSSR count). The number of para-hydroxylation sites is 1. The van der Waals surface area contributed by atoms with Gasteiger partial charge in [-0.2, -0.15) is 23.3 Å².